The van der Waals surface area contributed by atoms with Gasteiger partial charge < -0.3 is 15.2 Å². The number of piperidine rings is 1. The number of rotatable bonds is 5. The highest BCUT2D eigenvalue weighted by Crippen LogP contribution is 2.21. The minimum Gasteiger partial charge on any atom is -0.361 e. The van der Waals surface area contributed by atoms with Crippen molar-refractivity contribution in [3.8, 4) is 0 Å². The third kappa shape index (κ3) is 4.09. The van der Waals surface area contributed by atoms with E-state index in [1.165, 1.54) is 0 Å². The Morgan fingerprint density at radius 3 is 2.62 bits per heavy atom. The average molecular weight is 355 g/mol. The van der Waals surface area contributed by atoms with E-state index in [1.807, 2.05) is 43.1 Å². The molecular formula is C21H29N3O2. The number of hydrogen-bond acceptors (Lipinski definition) is 2. The van der Waals surface area contributed by atoms with E-state index in [9.17, 15) is 9.59 Å². The summed E-state index contributed by atoms with van der Waals surface area (Å²) in [5.74, 6) is 0.482. The fourth-order valence-electron chi connectivity index (χ4n) is 3.51. The number of H-pyrrole nitrogens is 1. The molecular weight excluding hydrogens is 326 g/mol. The second kappa shape index (κ2) is 7.94. The maximum Gasteiger partial charge on any atom is 0.245 e. The van der Waals surface area contributed by atoms with Crippen molar-refractivity contribution >= 4 is 22.7 Å². The summed E-state index contributed by atoms with van der Waals surface area (Å²) in [4.78, 5) is 30.6. The Morgan fingerprint density at radius 2 is 1.92 bits per heavy atom. The van der Waals surface area contributed by atoms with E-state index in [0.717, 1.165) is 42.4 Å². The smallest absolute Gasteiger partial charge is 0.245 e. The van der Waals surface area contributed by atoms with E-state index in [-0.39, 0.29) is 17.7 Å². The molecule has 2 amide bonds. The van der Waals surface area contributed by atoms with Gasteiger partial charge in [-0.15, -0.1) is 0 Å². The molecule has 0 unspecified atom stereocenters. The van der Waals surface area contributed by atoms with Crippen LogP contribution in [0.25, 0.3) is 10.9 Å². The first-order valence-corrected chi connectivity index (χ1v) is 9.60. The van der Waals surface area contributed by atoms with Crippen LogP contribution in [-0.2, 0) is 16.0 Å². The van der Waals surface area contributed by atoms with E-state index in [2.05, 4.69) is 23.3 Å². The molecule has 2 N–H and O–H groups in total. The van der Waals surface area contributed by atoms with Gasteiger partial charge in [-0.05, 0) is 30.4 Å². The molecule has 2 aromatic rings. The van der Waals surface area contributed by atoms with E-state index in [4.69, 9.17) is 0 Å². The van der Waals surface area contributed by atoms with Crippen molar-refractivity contribution in [2.24, 2.45) is 11.8 Å². The number of aromatic nitrogens is 1. The van der Waals surface area contributed by atoms with Gasteiger partial charge in [0.15, 0.2) is 0 Å². The van der Waals surface area contributed by atoms with E-state index in [1.54, 1.807) is 0 Å². The van der Waals surface area contributed by atoms with Crippen LogP contribution in [0.3, 0.4) is 0 Å². The van der Waals surface area contributed by atoms with Crippen molar-refractivity contribution in [1.82, 2.24) is 15.2 Å². The average Bonchev–Trinajstić information content (AvgIpc) is 3.04. The number of para-hydroxylation sites is 1. The van der Waals surface area contributed by atoms with Crippen molar-refractivity contribution in [1.29, 1.82) is 0 Å². The standard InChI is InChI=1S/C21H29N3O2/c1-14(2)20(25)23-19(21(26)24-10-8-15(3)9-11-24)12-16-13-22-18-7-5-4-6-17(16)18/h4-7,13-15,19,22H,8-12H2,1-3H3,(H,23,25)/t19-/m0/s1. The van der Waals surface area contributed by atoms with Crippen LogP contribution < -0.4 is 5.32 Å². The molecule has 0 saturated carbocycles. The van der Waals surface area contributed by atoms with Gasteiger partial charge in [0.05, 0.1) is 0 Å². The minimum absolute atomic E-state index is 0.0381. The summed E-state index contributed by atoms with van der Waals surface area (Å²) in [6.07, 6.45) is 4.52. The summed E-state index contributed by atoms with van der Waals surface area (Å²) in [6.45, 7) is 7.49. The number of carbonyl (C=O) groups excluding carboxylic acids is 2. The molecule has 1 aromatic carbocycles. The lowest BCUT2D eigenvalue weighted by atomic mass is 9.97. The zero-order valence-corrected chi connectivity index (χ0v) is 15.9. The lowest BCUT2D eigenvalue weighted by Crippen LogP contribution is -2.52. The number of likely N-dealkylation sites (tertiary alicyclic amines) is 1. The lowest BCUT2D eigenvalue weighted by molar-refractivity contribution is -0.138. The molecule has 3 rings (SSSR count). The van der Waals surface area contributed by atoms with Gasteiger partial charge in [0.25, 0.3) is 0 Å². The summed E-state index contributed by atoms with van der Waals surface area (Å²) in [5.41, 5.74) is 2.11. The minimum atomic E-state index is -0.516. The lowest BCUT2D eigenvalue weighted by Gasteiger charge is -2.33. The van der Waals surface area contributed by atoms with Crippen LogP contribution in [0.1, 0.15) is 39.2 Å². The first-order valence-electron chi connectivity index (χ1n) is 9.60. The Bertz CT molecular complexity index is 772. The Hall–Kier alpha value is -2.30. The highest BCUT2D eigenvalue weighted by atomic mass is 16.2. The molecule has 0 bridgehead atoms. The van der Waals surface area contributed by atoms with Gasteiger partial charge in [0, 0.05) is 42.5 Å². The summed E-state index contributed by atoms with van der Waals surface area (Å²) >= 11 is 0. The van der Waals surface area contributed by atoms with E-state index >= 15 is 0 Å². The molecule has 5 nitrogen and oxygen atoms in total. The van der Waals surface area contributed by atoms with Gasteiger partial charge in [0.1, 0.15) is 6.04 Å². The highest BCUT2D eigenvalue weighted by molar-refractivity contribution is 5.90. The Labute approximate surface area is 155 Å². The van der Waals surface area contributed by atoms with Crippen LogP contribution in [0.4, 0.5) is 0 Å². The predicted octanol–water partition coefficient (Wildman–Crippen LogP) is 3.11. The number of aromatic amines is 1. The van der Waals surface area contributed by atoms with Gasteiger partial charge in [-0.3, -0.25) is 9.59 Å². The molecule has 26 heavy (non-hydrogen) atoms. The normalized spacial score (nSPS) is 16.8. The molecule has 1 saturated heterocycles. The van der Waals surface area contributed by atoms with Crippen LogP contribution in [0.2, 0.25) is 0 Å². The predicted molar refractivity (Wildman–Crippen MR) is 104 cm³/mol. The maximum atomic E-state index is 13.1. The highest BCUT2D eigenvalue weighted by Gasteiger charge is 2.29. The molecule has 140 valence electrons. The summed E-state index contributed by atoms with van der Waals surface area (Å²) < 4.78 is 0. The van der Waals surface area contributed by atoms with Crippen molar-refractivity contribution in [2.45, 2.75) is 46.1 Å². The Balaban J connectivity index is 1.80. The van der Waals surface area contributed by atoms with Crippen LogP contribution in [-0.4, -0.2) is 40.8 Å². The molecule has 1 aliphatic heterocycles. The van der Waals surface area contributed by atoms with Gasteiger partial charge >= 0.3 is 0 Å². The molecule has 0 radical (unpaired) electrons. The van der Waals surface area contributed by atoms with Crippen molar-refractivity contribution in [3.05, 3.63) is 36.0 Å². The summed E-state index contributed by atoms with van der Waals surface area (Å²) in [5, 5.41) is 4.09. The first-order chi connectivity index (χ1) is 12.5. The van der Waals surface area contributed by atoms with E-state index in [0.29, 0.717) is 12.3 Å². The van der Waals surface area contributed by atoms with Gasteiger partial charge in [-0.1, -0.05) is 39.0 Å². The molecule has 1 atom stereocenters. The molecule has 2 heterocycles. The van der Waals surface area contributed by atoms with Crippen molar-refractivity contribution in [2.75, 3.05) is 13.1 Å². The number of fused-ring (bicyclic) bond motifs is 1. The molecule has 5 heteroatoms. The third-order valence-corrected chi connectivity index (χ3v) is 5.33. The topological polar surface area (TPSA) is 65.2 Å². The van der Waals surface area contributed by atoms with Crippen LogP contribution in [0, 0.1) is 11.8 Å². The second-order valence-corrected chi connectivity index (χ2v) is 7.79. The number of nitrogens with one attached hydrogen (secondary N) is 2. The number of amides is 2. The molecule has 1 fully saturated rings. The zero-order chi connectivity index (χ0) is 18.7. The van der Waals surface area contributed by atoms with Crippen LogP contribution in [0.15, 0.2) is 30.5 Å². The number of nitrogens with zero attached hydrogens (tertiary/aromatic N) is 1. The third-order valence-electron chi connectivity index (χ3n) is 5.33. The number of carbonyl (C=O) groups is 2. The van der Waals surface area contributed by atoms with Crippen molar-refractivity contribution < 1.29 is 9.59 Å². The number of hydrogen-bond donors (Lipinski definition) is 2. The Morgan fingerprint density at radius 1 is 1.23 bits per heavy atom. The quantitative estimate of drug-likeness (QED) is 0.865. The molecule has 0 spiro atoms. The SMILES string of the molecule is CC1CCN(C(=O)[C@H](Cc2c[nH]c3ccccc23)NC(=O)C(C)C)CC1. The van der Waals surface area contributed by atoms with Crippen LogP contribution >= 0.6 is 0 Å². The zero-order valence-electron chi connectivity index (χ0n) is 15.9. The summed E-state index contributed by atoms with van der Waals surface area (Å²) in [7, 11) is 0. The maximum absolute atomic E-state index is 13.1. The largest absolute Gasteiger partial charge is 0.361 e. The molecule has 0 aliphatic carbocycles. The molecule has 1 aromatic heterocycles. The fourth-order valence-corrected chi connectivity index (χ4v) is 3.51. The Kier molecular flexibility index (Phi) is 5.64. The van der Waals surface area contributed by atoms with Gasteiger partial charge in [0.2, 0.25) is 11.8 Å². The van der Waals surface area contributed by atoms with Crippen molar-refractivity contribution in [3.63, 3.8) is 0 Å². The fraction of sp³-hybridized carbons (Fsp3) is 0.524. The number of benzene rings is 1. The van der Waals surface area contributed by atoms with Gasteiger partial charge in [-0.25, -0.2) is 0 Å². The first kappa shape index (κ1) is 18.5. The van der Waals surface area contributed by atoms with Gasteiger partial charge in [-0.2, -0.15) is 0 Å². The monoisotopic (exact) mass is 355 g/mol. The van der Waals surface area contributed by atoms with E-state index < -0.39 is 6.04 Å². The molecule has 1 aliphatic rings. The summed E-state index contributed by atoms with van der Waals surface area (Å²) in [6, 6.07) is 7.54. The second-order valence-electron chi connectivity index (χ2n) is 7.79. The van der Waals surface area contributed by atoms with Crippen LogP contribution in [0.5, 0.6) is 0 Å².